The third-order valence-electron chi connectivity index (χ3n) is 6.03. The number of nitrogens with zero attached hydrogens (tertiary/aromatic N) is 1. The molecule has 214 valence electrons. The molecule has 1 heterocycles. The number of alkyl halides is 3. The van der Waals surface area contributed by atoms with Gasteiger partial charge in [-0.25, -0.2) is 18.2 Å². The van der Waals surface area contributed by atoms with Crippen LogP contribution in [-0.2, 0) is 32.2 Å². The van der Waals surface area contributed by atoms with E-state index in [1.807, 2.05) is 0 Å². The second kappa shape index (κ2) is 11.5. The van der Waals surface area contributed by atoms with Gasteiger partial charge >= 0.3 is 12.1 Å². The molecule has 0 spiro atoms. The maximum absolute atomic E-state index is 13.2. The predicted molar refractivity (Wildman–Crippen MR) is 146 cm³/mol. The standard InChI is InChI=1S/C28H24F3N3O6S/c1-40-27(37)25(12-16-6-9-20(35)10-7-16)33-26(36)24-15-23(34-41(2,38)39)21-14-18(8-11-22(21)32-24)17-4-3-5-19(13-17)28(29,30)31/h3-11,13-15,25,35H,12H2,1-2H3,(H,32,34)(H,33,36). The molecule has 41 heavy (non-hydrogen) atoms. The molecule has 0 saturated carbocycles. The molecule has 4 rings (SSSR count). The highest BCUT2D eigenvalue weighted by Crippen LogP contribution is 2.34. The van der Waals surface area contributed by atoms with Gasteiger partial charge in [0.05, 0.1) is 30.1 Å². The molecule has 0 aliphatic carbocycles. The summed E-state index contributed by atoms with van der Waals surface area (Å²) in [6, 6.07) is 15.1. The molecule has 13 heteroatoms. The first-order valence-corrected chi connectivity index (χ1v) is 13.9. The highest BCUT2D eigenvalue weighted by Gasteiger charge is 2.30. The fourth-order valence-electron chi connectivity index (χ4n) is 4.12. The smallest absolute Gasteiger partial charge is 0.416 e. The van der Waals surface area contributed by atoms with Gasteiger partial charge in [-0.15, -0.1) is 0 Å². The average Bonchev–Trinajstić information content (AvgIpc) is 2.91. The van der Waals surface area contributed by atoms with Gasteiger partial charge in [-0.05, 0) is 59.2 Å². The third kappa shape index (κ3) is 7.31. The number of nitrogens with one attached hydrogen (secondary N) is 2. The number of rotatable bonds is 8. The van der Waals surface area contributed by atoms with Crippen molar-refractivity contribution in [2.75, 3.05) is 18.1 Å². The molecule has 3 N–H and O–H groups in total. The monoisotopic (exact) mass is 587 g/mol. The van der Waals surface area contributed by atoms with Crippen molar-refractivity contribution in [1.29, 1.82) is 0 Å². The van der Waals surface area contributed by atoms with Crippen molar-refractivity contribution in [2.45, 2.75) is 18.6 Å². The third-order valence-corrected chi connectivity index (χ3v) is 6.62. The summed E-state index contributed by atoms with van der Waals surface area (Å²) in [6.07, 6.45) is -3.62. The normalized spacial score (nSPS) is 12.5. The lowest BCUT2D eigenvalue weighted by Crippen LogP contribution is -2.43. The number of phenols is 1. The number of anilines is 1. The molecule has 0 radical (unpaired) electrons. The second-order valence-corrected chi connectivity index (χ2v) is 10.9. The van der Waals surface area contributed by atoms with E-state index in [0.29, 0.717) is 11.1 Å². The largest absolute Gasteiger partial charge is 0.508 e. The summed E-state index contributed by atoms with van der Waals surface area (Å²) in [5.74, 6) is -1.53. The van der Waals surface area contributed by atoms with E-state index in [1.54, 1.807) is 12.1 Å². The Morgan fingerprint density at radius 2 is 1.68 bits per heavy atom. The van der Waals surface area contributed by atoms with Crippen LogP contribution in [0, 0.1) is 0 Å². The van der Waals surface area contributed by atoms with Crippen molar-refractivity contribution in [3.63, 3.8) is 0 Å². The minimum absolute atomic E-state index is 0.0230. The molecule has 0 fully saturated rings. The van der Waals surface area contributed by atoms with Crippen molar-refractivity contribution in [3.8, 4) is 16.9 Å². The number of esters is 1. The quantitative estimate of drug-likeness (QED) is 0.258. The number of benzene rings is 3. The minimum atomic E-state index is -4.55. The van der Waals surface area contributed by atoms with Crippen LogP contribution >= 0.6 is 0 Å². The van der Waals surface area contributed by atoms with Crippen LogP contribution in [0.5, 0.6) is 5.75 Å². The first-order valence-electron chi connectivity index (χ1n) is 12.0. The minimum Gasteiger partial charge on any atom is -0.508 e. The summed E-state index contributed by atoms with van der Waals surface area (Å²) in [5.41, 5.74) is 0.281. The molecule has 0 bridgehead atoms. The van der Waals surface area contributed by atoms with Crippen LogP contribution in [0.1, 0.15) is 21.6 Å². The van der Waals surface area contributed by atoms with Crippen LogP contribution in [0.2, 0.25) is 0 Å². The maximum atomic E-state index is 13.2. The topological polar surface area (TPSA) is 135 Å². The highest BCUT2D eigenvalue weighted by molar-refractivity contribution is 7.92. The van der Waals surface area contributed by atoms with Crippen LogP contribution < -0.4 is 10.0 Å². The summed E-state index contributed by atoms with van der Waals surface area (Å²) in [6.45, 7) is 0. The van der Waals surface area contributed by atoms with Crippen molar-refractivity contribution < 1.29 is 41.0 Å². The van der Waals surface area contributed by atoms with E-state index in [1.165, 1.54) is 48.5 Å². The van der Waals surface area contributed by atoms with E-state index in [2.05, 4.69) is 15.0 Å². The number of aromatic nitrogens is 1. The Morgan fingerprint density at radius 1 is 1.00 bits per heavy atom. The number of methoxy groups -OCH3 is 1. The van der Waals surface area contributed by atoms with Gasteiger partial charge in [-0.1, -0.05) is 30.3 Å². The molecule has 3 aromatic carbocycles. The molecule has 1 amide bonds. The van der Waals surface area contributed by atoms with Gasteiger partial charge in [0.1, 0.15) is 17.5 Å². The summed E-state index contributed by atoms with van der Waals surface area (Å²) < 4.78 is 71.1. The van der Waals surface area contributed by atoms with Crippen molar-refractivity contribution in [3.05, 3.63) is 89.6 Å². The van der Waals surface area contributed by atoms with Gasteiger partial charge in [0.15, 0.2) is 0 Å². The van der Waals surface area contributed by atoms with Crippen molar-refractivity contribution in [1.82, 2.24) is 10.3 Å². The summed E-state index contributed by atoms with van der Waals surface area (Å²) in [4.78, 5) is 29.9. The van der Waals surface area contributed by atoms with Gasteiger partial charge in [-0.3, -0.25) is 9.52 Å². The molecular weight excluding hydrogens is 563 g/mol. The molecule has 4 aromatic rings. The van der Waals surface area contributed by atoms with E-state index in [4.69, 9.17) is 4.74 Å². The van der Waals surface area contributed by atoms with Gasteiger partial charge in [-0.2, -0.15) is 13.2 Å². The number of amides is 1. The average molecular weight is 588 g/mol. The Bertz CT molecular complexity index is 1720. The number of hydrogen-bond acceptors (Lipinski definition) is 7. The Morgan fingerprint density at radius 3 is 2.32 bits per heavy atom. The van der Waals surface area contributed by atoms with Crippen LogP contribution in [-0.4, -0.2) is 49.8 Å². The van der Waals surface area contributed by atoms with Crippen LogP contribution in [0.25, 0.3) is 22.0 Å². The Hall–Kier alpha value is -4.65. The van der Waals surface area contributed by atoms with Crippen LogP contribution in [0.4, 0.5) is 18.9 Å². The summed E-state index contributed by atoms with van der Waals surface area (Å²) in [5, 5.41) is 12.3. The SMILES string of the molecule is COC(=O)C(Cc1ccc(O)cc1)NC(=O)c1cc(NS(C)(=O)=O)c2cc(-c3cccc(C(F)(F)F)c3)ccc2n1. The fraction of sp³-hybridized carbons (Fsp3) is 0.179. The zero-order valence-corrected chi connectivity index (χ0v) is 22.5. The second-order valence-electron chi connectivity index (χ2n) is 9.16. The van der Waals surface area contributed by atoms with Gasteiger partial charge < -0.3 is 15.2 Å². The van der Waals surface area contributed by atoms with Gasteiger partial charge in [0.2, 0.25) is 10.0 Å². The number of carbonyl (C=O) groups excluding carboxylic acids is 2. The highest BCUT2D eigenvalue weighted by atomic mass is 32.2. The van der Waals surface area contributed by atoms with Gasteiger partial charge in [0.25, 0.3) is 5.91 Å². The van der Waals surface area contributed by atoms with Crippen LogP contribution in [0.15, 0.2) is 72.8 Å². The Balaban J connectivity index is 1.73. The number of fused-ring (bicyclic) bond motifs is 1. The number of hydrogen-bond donors (Lipinski definition) is 3. The number of sulfonamides is 1. The molecule has 9 nitrogen and oxygen atoms in total. The number of ether oxygens (including phenoxy) is 1. The van der Waals surface area contributed by atoms with Crippen LogP contribution in [0.3, 0.4) is 0 Å². The predicted octanol–water partition coefficient (Wildman–Crippen LogP) is 4.51. The van der Waals surface area contributed by atoms with E-state index in [0.717, 1.165) is 25.5 Å². The lowest BCUT2D eigenvalue weighted by molar-refractivity contribution is -0.143. The number of pyridine rings is 1. The molecule has 1 aromatic heterocycles. The zero-order valence-electron chi connectivity index (χ0n) is 21.7. The van der Waals surface area contributed by atoms with Crippen molar-refractivity contribution >= 4 is 38.5 Å². The summed E-state index contributed by atoms with van der Waals surface area (Å²) >= 11 is 0. The van der Waals surface area contributed by atoms with E-state index in [-0.39, 0.29) is 40.0 Å². The molecule has 0 aliphatic rings. The Labute approximate surface area is 233 Å². The molecular formula is C28H24F3N3O6S. The number of phenolic OH excluding ortho intramolecular Hbond substituents is 1. The van der Waals surface area contributed by atoms with Gasteiger partial charge in [0, 0.05) is 11.8 Å². The molecule has 0 saturated heterocycles. The molecule has 0 aliphatic heterocycles. The fourth-order valence-corrected chi connectivity index (χ4v) is 4.68. The van der Waals surface area contributed by atoms with E-state index in [9.17, 15) is 36.3 Å². The zero-order chi connectivity index (χ0) is 29.9. The lowest BCUT2D eigenvalue weighted by atomic mass is 10.00. The van der Waals surface area contributed by atoms with E-state index < -0.39 is 39.7 Å². The summed E-state index contributed by atoms with van der Waals surface area (Å²) in [7, 11) is -2.70. The molecule has 1 atom stereocenters. The Kier molecular flexibility index (Phi) is 8.19. The number of halogens is 3. The lowest BCUT2D eigenvalue weighted by Gasteiger charge is -2.17. The molecule has 1 unspecified atom stereocenters. The van der Waals surface area contributed by atoms with Crippen molar-refractivity contribution in [2.24, 2.45) is 0 Å². The first kappa shape index (κ1) is 29.3. The first-order chi connectivity index (χ1) is 19.2. The maximum Gasteiger partial charge on any atom is 0.416 e. The number of carbonyl (C=O) groups is 2. The van der Waals surface area contributed by atoms with E-state index >= 15 is 0 Å². The number of aromatic hydroxyl groups is 1.